The molecule has 0 unspecified atom stereocenters. The second-order valence-corrected chi connectivity index (χ2v) is 10.3. The highest BCUT2D eigenvalue weighted by Crippen LogP contribution is 2.49. The summed E-state index contributed by atoms with van der Waals surface area (Å²) in [6.45, 7) is 2.42. The van der Waals surface area contributed by atoms with E-state index in [4.69, 9.17) is 19.2 Å². The average molecular weight is 585 g/mol. The van der Waals surface area contributed by atoms with E-state index >= 15 is 0 Å². The maximum Gasteiger partial charge on any atom is 0.338 e. The summed E-state index contributed by atoms with van der Waals surface area (Å²) >= 11 is 1.41. The summed E-state index contributed by atoms with van der Waals surface area (Å²) in [4.78, 5) is 38.1. The van der Waals surface area contributed by atoms with E-state index in [1.807, 2.05) is 71.0 Å². The predicted octanol–water partition coefficient (Wildman–Crippen LogP) is 5.12. The third-order valence-electron chi connectivity index (χ3n) is 6.86. The number of aromatic nitrogens is 1. The summed E-state index contributed by atoms with van der Waals surface area (Å²) in [5.74, 6) is 0.521. The van der Waals surface area contributed by atoms with Gasteiger partial charge >= 0.3 is 5.97 Å². The Morgan fingerprint density at radius 3 is 2.55 bits per heavy atom. The molecule has 0 spiro atoms. The van der Waals surface area contributed by atoms with Crippen molar-refractivity contribution in [2.75, 3.05) is 27.4 Å². The van der Waals surface area contributed by atoms with Gasteiger partial charge in [-0.3, -0.25) is 9.78 Å². The number of carbonyl (C=O) groups is 2. The summed E-state index contributed by atoms with van der Waals surface area (Å²) in [7, 11) is 3.17. The molecule has 2 aromatic carbocycles. The molecule has 0 saturated carbocycles. The molecular weight excluding hydrogens is 552 g/mol. The molecule has 10 heteroatoms. The van der Waals surface area contributed by atoms with Crippen LogP contribution in [0.1, 0.15) is 36.2 Å². The van der Waals surface area contributed by atoms with Gasteiger partial charge in [-0.25, -0.2) is 9.79 Å². The average Bonchev–Trinajstić information content (AvgIpc) is 3.42. The van der Waals surface area contributed by atoms with E-state index in [-0.39, 0.29) is 18.9 Å². The van der Waals surface area contributed by atoms with E-state index in [1.54, 1.807) is 33.4 Å². The largest absolute Gasteiger partial charge is 0.497 e. The molecule has 3 heterocycles. The van der Waals surface area contributed by atoms with Gasteiger partial charge in [0.2, 0.25) is 5.91 Å². The molecule has 1 atom stereocenters. The number of thioether (sulfide) groups is 1. The van der Waals surface area contributed by atoms with Crippen LogP contribution in [0.15, 0.2) is 94.6 Å². The summed E-state index contributed by atoms with van der Waals surface area (Å²) < 4.78 is 16.9. The highest BCUT2D eigenvalue weighted by atomic mass is 32.2. The number of methoxy groups -OCH3 is 2. The molecule has 2 aliphatic heterocycles. The quantitative estimate of drug-likeness (QED) is 0.310. The molecule has 5 rings (SSSR count). The maximum atomic E-state index is 13.8. The van der Waals surface area contributed by atoms with Crippen molar-refractivity contribution >= 4 is 34.5 Å². The molecule has 0 bridgehead atoms. The maximum absolute atomic E-state index is 13.8. The Bertz CT molecular complexity index is 1540. The minimum absolute atomic E-state index is 0.0911. The Hall–Kier alpha value is -4.57. The van der Waals surface area contributed by atoms with E-state index in [0.717, 1.165) is 11.3 Å². The number of nitrogens with one attached hydrogen (secondary N) is 1. The van der Waals surface area contributed by atoms with Crippen LogP contribution in [0.25, 0.3) is 5.70 Å². The first-order valence-electron chi connectivity index (χ1n) is 13.6. The number of ether oxygens (including phenoxy) is 3. The van der Waals surface area contributed by atoms with E-state index in [0.29, 0.717) is 52.2 Å². The third kappa shape index (κ3) is 6.18. The molecule has 1 amide bonds. The van der Waals surface area contributed by atoms with Crippen molar-refractivity contribution in [2.45, 2.75) is 25.8 Å². The van der Waals surface area contributed by atoms with Gasteiger partial charge in [0.15, 0.2) is 5.17 Å². The minimum atomic E-state index is -0.695. The van der Waals surface area contributed by atoms with Crippen molar-refractivity contribution in [3.8, 4) is 11.5 Å². The number of nitrogens with zero attached hydrogens (tertiary/aromatic N) is 3. The van der Waals surface area contributed by atoms with Gasteiger partial charge < -0.3 is 24.4 Å². The van der Waals surface area contributed by atoms with Gasteiger partial charge in [0.1, 0.15) is 11.5 Å². The lowest BCUT2D eigenvalue weighted by Crippen LogP contribution is -2.38. The monoisotopic (exact) mass is 584 g/mol. The Morgan fingerprint density at radius 1 is 1.02 bits per heavy atom. The van der Waals surface area contributed by atoms with Crippen LogP contribution < -0.4 is 14.8 Å². The molecule has 42 heavy (non-hydrogen) atoms. The smallest absolute Gasteiger partial charge is 0.338 e. The highest BCUT2D eigenvalue weighted by molar-refractivity contribution is 8.16. The Kier molecular flexibility index (Phi) is 9.23. The van der Waals surface area contributed by atoms with Crippen LogP contribution in [0.2, 0.25) is 0 Å². The van der Waals surface area contributed by atoms with Crippen molar-refractivity contribution in [1.82, 2.24) is 15.2 Å². The highest BCUT2D eigenvalue weighted by Gasteiger charge is 2.43. The normalized spacial score (nSPS) is 15.9. The Morgan fingerprint density at radius 2 is 1.83 bits per heavy atom. The number of amides is 1. The fraction of sp³-hybridized carbons (Fsp3) is 0.250. The van der Waals surface area contributed by atoms with Crippen molar-refractivity contribution in [3.63, 3.8) is 0 Å². The first-order chi connectivity index (χ1) is 20.5. The van der Waals surface area contributed by atoms with Crippen LogP contribution in [0.4, 0.5) is 0 Å². The zero-order valence-corrected chi connectivity index (χ0v) is 24.5. The lowest BCUT2D eigenvalue weighted by Gasteiger charge is -2.37. The van der Waals surface area contributed by atoms with Gasteiger partial charge in [0.25, 0.3) is 0 Å². The zero-order valence-electron chi connectivity index (χ0n) is 23.7. The second kappa shape index (κ2) is 13.4. The predicted molar refractivity (Wildman–Crippen MR) is 163 cm³/mol. The fourth-order valence-electron chi connectivity index (χ4n) is 4.94. The van der Waals surface area contributed by atoms with Crippen LogP contribution in [0.5, 0.6) is 11.5 Å². The van der Waals surface area contributed by atoms with Gasteiger partial charge in [-0.1, -0.05) is 48.2 Å². The van der Waals surface area contributed by atoms with Crippen LogP contribution in [-0.2, 0) is 20.7 Å². The van der Waals surface area contributed by atoms with Crippen molar-refractivity contribution in [1.29, 1.82) is 0 Å². The molecule has 216 valence electrons. The van der Waals surface area contributed by atoms with Gasteiger partial charge in [0.05, 0.1) is 44.6 Å². The number of hydrogen-bond donors (Lipinski definition) is 1. The van der Waals surface area contributed by atoms with Crippen LogP contribution in [0.3, 0.4) is 0 Å². The molecule has 1 aromatic heterocycles. The van der Waals surface area contributed by atoms with Crippen molar-refractivity contribution in [2.24, 2.45) is 4.99 Å². The van der Waals surface area contributed by atoms with Gasteiger partial charge in [-0.2, -0.15) is 0 Å². The Labute approximate surface area is 249 Å². The molecular formula is C32H32N4O5S. The SMILES string of the molecule is CCOC(=O)C1=C(c2ccccc2)N=C2SC=C(CC(=O)NCCc3ccccn3)N2[C@H]1c1cc(OC)ccc1OC. The van der Waals surface area contributed by atoms with Crippen molar-refractivity contribution < 1.29 is 23.8 Å². The molecule has 3 aromatic rings. The summed E-state index contributed by atoms with van der Waals surface area (Å²) in [5.41, 5.74) is 3.93. The Balaban J connectivity index is 1.54. The van der Waals surface area contributed by atoms with Gasteiger partial charge in [-0.05, 0) is 42.7 Å². The van der Waals surface area contributed by atoms with Gasteiger partial charge in [0, 0.05) is 41.7 Å². The van der Waals surface area contributed by atoms with E-state index < -0.39 is 12.0 Å². The number of fused-ring (bicyclic) bond motifs is 1. The number of amidine groups is 1. The first-order valence-corrected chi connectivity index (χ1v) is 14.5. The summed E-state index contributed by atoms with van der Waals surface area (Å²) in [5, 5.41) is 5.55. The van der Waals surface area contributed by atoms with Gasteiger partial charge in [-0.15, -0.1) is 0 Å². The number of esters is 1. The van der Waals surface area contributed by atoms with E-state index in [1.165, 1.54) is 11.8 Å². The van der Waals surface area contributed by atoms with Crippen LogP contribution in [0, 0.1) is 0 Å². The van der Waals surface area contributed by atoms with E-state index in [9.17, 15) is 9.59 Å². The molecule has 0 aliphatic carbocycles. The molecule has 1 N–H and O–H groups in total. The molecule has 9 nitrogen and oxygen atoms in total. The summed E-state index contributed by atoms with van der Waals surface area (Å²) in [6, 6.07) is 20.0. The van der Waals surface area contributed by atoms with Crippen molar-refractivity contribution in [3.05, 3.63) is 106 Å². The lowest BCUT2D eigenvalue weighted by atomic mass is 9.90. The standard InChI is InChI=1S/C32H32N4O5S/c1-4-41-31(38)28-29(21-10-6-5-7-11-21)35-32-36(30(28)25-19-24(39-2)13-14-26(25)40-3)23(20-42-32)18-27(37)34-17-15-22-12-8-9-16-33-22/h5-14,16,19-20,30H,4,15,17-18H2,1-3H3,(H,34,37)/t30-/m0/s1. The number of benzene rings is 2. The second-order valence-electron chi connectivity index (χ2n) is 9.45. The number of hydrogen-bond acceptors (Lipinski definition) is 9. The lowest BCUT2D eigenvalue weighted by molar-refractivity contribution is -0.139. The molecule has 0 saturated heterocycles. The van der Waals surface area contributed by atoms with E-state index in [2.05, 4.69) is 10.3 Å². The zero-order chi connectivity index (χ0) is 29.5. The summed E-state index contributed by atoms with van der Waals surface area (Å²) in [6.07, 6.45) is 2.45. The molecule has 2 aliphatic rings. The van der Waals surface area contributed by atoms with Crippen LogP contribution >= 0.6 is 11.8 Å². The minimum Gasteiger partial charge on any atom is -0.497 e. The topological polar surface area (TPSA) is 102 Å². The third-order valence-corrected chi connectivity index (χ3v) is 7.74. The number of aliphatic imine (C=N–C) groups is 1. The van der Waals surface area contributed by atoms with Crippen LogP contribution in [-0.4, -0.2) is 54.3 Å². The number of pyridine rings is 1. The number of rotatable bonds is 11. The first kappa shape index (κ1) is 28.9. The fourth-order valence-corrected chi connectivity index (χ4v) is 5.86. The number of carbonyl (C=O) groups excluding carboxylic acids is 2. The molecule has 0 radical (unpaired) electrons. The molecule has 0 fully saturated rings.